The Kier molecular flexibility index (Phi) is 5.44. The molecule has 0 aliphatic rings. The molecule has 0 aliphatic carbocycles. The van der Waals surface area contributed by atoms with Crippen molar-refractivity contribution in [1.82, 2.24) is 9.88 Å². The zero-order valence-corrected chi connectivity index (χ0v) is 12.9. The number of amides is 1. The first kappa shape index (κ1) is 16.1. The van der Waals surface area contributed by atoms with E-state index in [1.165, 1.54) is 0 Å². The molecule has 0 saturated heterocycles. The highest BCUT2D eigenvalue weighted by Crippen LogP contribution is 2.18. The van der Waals surface area contributed by atoms with E-state index < -0.39 is 0 Å². The molecule has 1 aromatic rings. The van der Waals surface area contributed by atoms with Gasteiger partial charge in [0.15, 0.2) is 0 Å². The second kappa shape index (κ2) is 6.44. The van der Waals surface area contributed by atoms with Gasteiger partial charge in [-0.3, -0.25) is 4.79 Å². The molecule has 1 aromatic heterocycles. The van der Waals surface area contributed by atoms with Crippen LogP contribution in [0.1, 0.15) is 44.6 Å². The minimum atomic E-state index is -0.388. The molecule has 3 N–H and O–H groups in total. The summed E-state index contributed by atoms with van der Waals surface area (Å²) >= 11 is 5.95. The van der Waals surface area contributed by atoms with Crippen molar-refractivity contribution in [2.24, 2.45) is 11.7 Å². The molecule has 1 atom stereocenters. The molecule has 1 unspecified atom stereocenters. The first-order valence-corrected chi connectivity index (χ1v) is 7.07. The first-order valence-electron chi connectivity index (χ1n) is 6.69. The Bertz CT molecular complexity index is 442. The van der Waals surface area contributed by atoms with Crippen molar-refractivity contribution in [1.29, 1.82) is 0 Å². The third kappa shape index (κ3) is 4.25. The molecule has 4 nitrogen and oxygen atoms in total. The van der Waals surface area contributed by atoms with E-state index >= 15 is 0 Å². The fraction of sp³-hybridized carbons (Fsp3) is 0.643. The van der Waals surface area contributed by atoms with E-state index in [-0.39, 0.29) is 11.4 Å². The average Bonchev–Trinajstić information content (AvgIpc) is 2.69. The molecule has 1 rings (SSSR count). The monoisotopic (exact) mass is 285 g/mol. The third-order valence-electron chi connectivity index (χ3n) is 3.16. The lowest BCUT2D eigenvalue weighted by molar-refractivity contribution is 0.0889. The van der Waals surface area contributed by atoms with Crippen molar-refractivity contribution in [3.05, 3.63) is 23.0 Å². The zero-order valence-electron chi connectivity index (χ0n) is 12.2. The Balaban J connectivity index is 2.88. The van der Waals surface area contributed by atoms with Gasteiger partial charge in [0.05, 0.1) is 10.6 Å². The van der Waals surface area contributed by atoms with Gasteiger partial charge in [-0.15, -0.1) is 0 Å². The molecule has 5 heteroatoms. The van der Waals surface area contributed by atoms with Crippen LogP contribution in [0, 0.1) is 5.92 Å². The normalized spacial score (nSPS) is 14.5. The third-order valence-corrected chi connectivity index (χ3v) is 3.37. The number of aryl methyl sites for hydroxylation is 1. The maximum atomic E-state index is 12.3. The lowest BCUT2D eigenvalue weighted by Crippen LogP contribution is -2.52. The summed E-state index contributed by atoms with van der Waals surface area (Å²) < 4.78 is 1.84. The highest BCUT2D eigenvalue weighted by molar-refractivity contribution is 6.31. The number of carbonyl (C=O) groups excluding carboxylic acids is 1. The van der Waals surface area contributed by atoms with E-state index in [2.05, 4.69) is 19.2 Å². The second-order valence-electron chi connectivity index (χ2n) is 5.65. The zero-order chi connectivity index (χ0) is 14.6. The number of hydrogen-bond donors (Lipinski definition) is 2. The van der Waals surface area contributed by atoms with Crippen LogP contribution in [0.15, 0.2) is 12.3 Å². The number of nitrogens with two attached hydrogens (primary N) is 1. The second-order valence-corrected chi connectivity index (χ2v) is 6.08. The Morgan fingerprint density at radius 3 is 2.68 bits per heavy atom. The van der Waals surface area contributed by atoms with Crippen LogP contribution in [0.2, 0.25) is 5.02 Å². The van der Waals surface area contributed by atoms with Crippen LogP contribution in [0.3, 0.4) is 0 Å². The molecule has 0 radical (unpaired) electrons. The summed E-state index contributed by atoms with van der Waals surface area (Å²) in [6.07, 6.45) is 2.61. The van der Waals surface area contributed by atoms with Crippen LogP contribution in [-0.2, 0) is 6.54 Å². The van der Waals surface area contributed by atoms with Crippen molar-refractivity contribution in [2.75, 3.05) is 6.54 Å². The van der Waals surface area contributed by atoms with Gasteiger partial charge in [0.25, 0.3) is 5.91 Å². The molecule has 0 aromatic carbocycles. The molecule has 1 heterocycles. The van der Waals surface area contributed by atoms with Gasteiger partial charge in [-0.1, -0.05) is 25.4 Å². The van der Waals surface area contributed by atoms with E-state index in [0.717, 1.165) is 6.42 Å². The molecule has 19 heavy (non-hydrogen) atoms. The van der Waals surface area contributed by atoms with Crippen LogP contribution in [0.4, 0.5) is 0 Å². The summed E-state index contributed by atoms with van der Waals surface area (Å²) in [5.74, 6) is 0.345. The average molecular weight is 286 g/mol. The van der Waals surface area contributed by atoms with E-state index in [1.54, 1.807) is 12.3 Å². The van der Waals surface area contributed by atoms with E-state index in [9.17, 15) is 4.79 Å². The highest BCUT2D eigenvalue weighted by Gasteiger charge is 2.27. The van der Waals surface area contributed by atoms with E-state index in [1.807, 2.05) is 18.4 Å². The molecule has 0 saturated carbocycles. The van der Waals surface area contributed by atoms with E-state index in [0.29, 0.717) is 29.7 Å². The Morgan fingerprint density at radius 2 is 2.21 bits per heavy atom. The van der Waals surface area contributed by atoms with Crippen LogP contribution in [0.5, 0.6) is 0 Å². The topological polar surface area (TPSA) is 60.0 Å². The first-order chi connectivity index (χ1) is 8.81. The van der Waals surface area contributed by atoms with Crippen molar-refractivity contribution >= 4 is 17.5 Å². The molecular formula is C14H24ClN3O. The summed E-state index contributed by atoms with van der Waals surface area (Å²) in [5.41, 5.74) is 6.00. The number of halogens is 1. The maximum absolute atomic E-state index is 12.3. The molecule has 0 aliphatic heterocycles. The van der Waals surface area contributed by atoms with Crippen LogP contribution >= 0.6 is 11.6 Å². The van der Waals surface area contributed by atoms with Gasteiger partial charge in [-0.05, 0) is 32.3 Å². The lowest BCUT2D eigenvalue weighted by atomic mass is 9.90. The number of aromatic nitrogens is 1. The molecule has 0 spiro atoms. The Labute approximate surface area is 120 Å². The summed E-state index contributed by atoms with van der Waals surface area (Å²) in [6.45, 7) is 9.31. The minimum absolute atomic E-state index is 0.123. The van der Waals surface area contributed by atoms with Crippen LogP contribution < -0.4 is 11.1 Å². The fourth-order valence-corrected chi connectivity index (χ4v) is 2.57. The number of carbonyl (C=O) groups is 1. The van der Waals surface area contributed by atoms with Gasteiger partial charge < -0.3 is 15.6 Å². The van der Waals surface area contributed by atoms with Crippen molar-refractivity contribution in [3.8, 4) is 0 Å². The number of hydrogen-bond acceptors (Lipinski definition) is 2. The molecule has 0 fully saturated rings. The van der Waals surface area contributed by atoms with Crippen LogP contribution in [0.25, 0.3) is 0 Å². The van der Waals surface area contributed by atoms with Gasteiger partial charge in [-0.25, -0.2) is 0 Å². The van der Waals surface area contributed by atoms with Crippen LogP contribution in [-0.4, -0.2) is 22.6 Å². The largest absolute Gasteiger partial charge is 0.344 e. The fourth-order valence-electron chi connectivity index (χ4n) is 2.35. The van der Waals surface area contributed by atoms with Crippen molar-refractivity contribution in [2.45, 2.75) is 46.2 Å². The maximum Gasteiger partial charge on any atom is 0.268 e. The van der Waals surface area contributed by atoms with Crippen molar-refractivity contribution in [3.63, 3.8) is 0 Å². The summed E-state index contributed by atoms with van der Waals surface area (Å²) in [7, 11) is 0. The molecular weight excluding hydrogens is 262 g/mol. The van der Waals surface area contributed by atoms with Gasteiger partial charge in [0.1, 0.15) is 5.69 Å². The van der Waals surface area contributed by atoms with Gasteiger partial charge in [0.2, 0.25) is 0 Å². The predicted molar refractivity (Wildman–Crippen MR) is 79.5 cm³/mol. The molecule has 108 valence electrons. The quantitative estimate of drug-likeness (QED) is 0.844. The lowest BCUT2D eigenvalue weighted by Gasteiger charge is -2.31. The van der Waals surface area contributed by atoms with E-state index in [4.69, 9.17) is 17.3 Å². The van der Waals surface area contributed by atoms with Crippen molar-refractivity contribution < 1.29 is 4.79 Å². The Morgan fingerprint density at radius 1 is 1.58 bits per heavy atom. The Hall–Kier alpha value is -1.00. The minimum Gasteiger partial charge on any atom is -0.344 e. The highest BCUT2D eigenvalue weighted by atomic mass is 35.5. The molecule has 0 bridgehead atoms. The van der Waals surface area contributed by atoms with Gasteiger partial charge in [0, 0.05) is 19.3 Å². The smallest absolute Gasteiger partial charge is 0.268 e. The molecule has 1 amide bonds. The summed E-state index contributed by atoms with van der Waals surface area (Å²) in [5, 5.41) is 3.61. The summed E-state index contributed by atoms with van der Waals surface area (Å²) in [6, 6.07) is 1.69. The number of nitrogens with one attached hydrogen (secondary N) is 1. The van der Waals surface area contributed by atoms with Gasteiger partial charge in [-0.2, -0.15) is 0 Å². The predicted octanol–water partition coefficient (Wildman–Crippen LogP) is 2.65. The summed E-state index contributed by atoms with van der Waals surface area (Å²) in [4.78, 5) is 12.3. The standard InChI is InChI=1S/C14H24ClN3O/c1-5-18-8-11(15)6-12(18)13(19)17-14(4,9-16)7-10(2)3/h6,8,10H,5,7,9,16H2,1-4H3,(H,17,19). The number of rotatable bonds is 6. The van der Waals surface area contributed by atoms with Gasteiger partial charge >= 0.3 is 0 Å². The number of nitrogens with zero attached hydrogens (tertiary/aromatic N) is 1. The SMILES string of the molecule is CCn1cc(Cl)cc1C(=O)NC(C)(CN)CC(C)C.